The van der Waals surface area contributed by atoms with Crippen molar-refractivity contribution in [3.8, 4) is 11.5 Å². The fourth-order valence-corrected chi connectivity index (χ4v) is 2.86. The van der Waals surface area contributed by atoms with Gasteiger partial charge in [0.2, 0.25) is 0 Å². The van der Waals surface area contributed by atoms with Crippen molar-refractivity contribution in [3.63, 3.8) is 0 Å². The number of benzene rings is 1. The van der Waals surface area contributed by atoms with Gasteiger partial charge in [0.25, 0.3) is 5.91 Å². The maximum Gasteiger partial charge on any atom is 0.387 e. The zero-order chi connectivity index (χ0) is 16.8. The zero-order valence-corrected chi connectivity index (χ0v) is 13.6. The van der Waals surface area contributed by atoms with Crippen molar-refractivity contribution in [1.29, 1.82) is 0 Å². The third kappa shape index (κ3) is 4.19. The van der Waals surface area contributed by atoms with Crippen LogP contribution in [0.5, 0.6) is 11.5 Å². The second-order valence-corrected chi connectivity index (χ2v) is 5.65. The van der Waals surface area contributed by atoms with Crippen LogP contribution in [0.1, 0.15) is 22.2 Å². The summed E-state index contributed by atoms with van der Waals surface area (Å²) in [6.07, 6.45) is 0. The van der Waals surface area contributed by atoms with Crippen molar-refractivity contribution >= 4 is 17.2 Å². The van der Waals surface area contributed by atoms with Gasteiger partial charge in [-0.3, -0.25) is 4.79 Å². The van der Waals surface area contributed by atoms with E-state index >= 15 is 0 Å². The Morgan fingerprint density at radius 3 is 2.65 bits per heavy atom. The molecule has 0 spiro atoms. The minimum Gasteiger partial charge on any atom is -0.493 e. The fourth-order valence-electron chi connectivity index (χ4n) is 2.14. The van der Waals surface area contributed by atoms with Crippen molar-refractivity contribution in [2.75, 3.05) is 13.7 Å². The van der Waals surface area contributed by atoms with E-state index in [0.29, 0.717) is 13.1 Å². The molecule has 23 heavy (non-hydrogen) atoms. The van der Waals surface area contributed by atoms with Crippen LogP contribution in [0.2, 0.25) is 0 Å². The number of ether oxygens (including phenoxy) is 2. The van der Waals surface area contributed by atoms with Gasteiger partial charge in [0.15, 0.2) is 11.5 Å². The lowest BCUT2D eigenvalue weighted by atomic mass is 10.1. The summed E-state index contributed by atoms with van der Waals surface area (Å²) in [4.78, 5) is 15.3. The maximum absolute atomic E-state index is 12.7. The second kappa shape index (κ2) is 7.92. The molecule has 0 saturated carbocycles. The number of para-hydroxylation sites is 1. The van der Waals surface area contributed by atoms with Crippen LogP contribution in [0.25, 0.3) is 0 Å². The van der Waals surface area contributed by atoms with Crippen LogP contribution in [0.4, 0.5) is 8.78 Å². The number of nitrogens with zero attached hydrogens (tertiary/aromatic N) is 1. The van der Waals surface area contributed by atoms with Crippen molar-refractivity contribution in [1.82, 2.24) is 4.90 Å². The first-order valence-corrected chi connectivity index (χ1v) is 7.88. The minimum absolute atomic E-state index is 0.0584. The van der Waals surface area contributed by atoms with Gasteiger partial charge in [0.05, 0.1) is 19.2 Å². The van der Waals surface area contributed by atoms with Gasteiger partial charge >= 0.3 is 6.61 Å². The molecular formula is C16H17F2NO3S. The first-order valence-electron chi connectivity index (χ1n) is 7.00. The van der Waals surface area contributed by atoms with Gasteiger partial charge in [-0.2, -0.15) is 8.78 Å². The number of hydrogen-bond acceptors (Lipinski definition) is 4. The van der Waals surface area contributed by atoms with Crippen LogP contribution < -0.4 is 9.47 Å². The number of thiophene rings is 1. The van der Waals surface area contributed by atoms with Crippen LogP contribution >= 0.6 is 11.3 Å². The number of methoxy groups -OCH3 is 1. The maximum atomic E-state index is 12.7. The average molecular weight is 341 g/mol. The van der Waals surface area contributed by atoms with Crippen molar-refractivity contribution in [2.45, 2.75) is 20.1 Å². The molecule has 2 aromatic rings. The Morgan fingerprint density at radius 2 is 2.09 bits per heavy atom. The predicted octanol–water partition coefficient (Wildman–Crippen LogP) is 4.02. The molecule has 0 unspecified atom stereocenters. The first-order chi connectivity index (χ1) is 11.1. The van der Waals surface area contributed by atoms with Crippen LogP contribution in [0, 0.1) is 0 Å². The Bertz CT molecular complexity index is 647. The van der Waals surface area contributed by atoms with Gasteiger partial charge in [-0.05, 0) is 30.5 Å². The predicted molar refractivity (Wildman–Crippen MR) is 84.4 cm³/mol. The van der Waals surface area contributed by atoms with E-state index in [-0.39, 0.29) is 23.0 Å². The van der Waals surface area contributed by atoms with Crippen LogP contribution in [-0.2, 0) is 6.54 Å². The summed E-state index contributed by atoms with van der Waals surface area (Å²) in [5.74, 6) is -0.515. The molecule has 2 rings (SSSR count). The summed E-state index contributed by atoms with van der Waals surface area (Å²) < 4.78 is 34.9. The molecule has 124 valence electrons. The van der Waals surface area contributed by atoms with Gasteiger partial charge in [0.1, 0.15) is 0 Å². The lowest BCUT2D eigenvalue weighted by molar-refractivity contribution is -0.0516. The Labute approximate surface area is 137 Å². The largest absolute Gasteiger partial charge is 0.493 e. The summed E-state index contributed by atoms with van der Waals surface area (Å²) in [7, 11) is 1.34. The molecule has 0 saturated heterocycles. The third-order valence-electron chi connectivity index (χ3n) is 3.23. The van der Waals surface area contributed by atoms with E-state index in [2.05, 4.69) is 4.74 Å². The minimum atomic E-state index is -3.04. The molecule has 1 heterocycles. The smallest absolute Gasteiger partial charge is 0.387 e. The Balaban J connectivity index is 2.32. The van der Waals surface area contributed by atoms with Crippen molar-refractivity contribution < 1.29 is 23.0 Å². The third-order valence-corrected chi connectivity index (χ3v) is 4.09. The van der Waals surface area contributed by atoms with Gasteiger partial charge < -0.3 is 14.4 Å². The number of alkyl halides is 2. The number of rotatable bonds is 7. The van der Waals surface area contributed by atoms with E-state index in [9.17, 15) is 13.6 Å². The van der Waals surface area contributed by atoms with Crippen LogP contribution in [0.3, 0.4) is 0 Å². The second-order valence-electron chi connectivity index (χ2n) is 4.61. The molecule has 0 bridgehead atoms. The molecule has 1 aromatic carbocycles. The molecular weight excluding hydrogens is 324 g/mol. The Hall–Kier alpha value is -2.15. The molecule has 4 nitrogen and oxygen atoms in total. The highest BCUT2D eigenvalue weighted by atomic mass is 32.1. The Kier molecular flexibility index (Phi) is 5.92. The van der Waals surface area contributed by atoms with Gasteiger partial charge in [-0.15, -0.1) is 11.3 Å². The molecule has 0 atom stereocenters. The zero-order valence-electron chi connectivity index (χ0n) is 12.8. The van der Waals surface area contributed by atoms with Crippen molar-refractivity contribution in [3.05, 3.63) is 46.2 Å². The molecule has 0 aliphatic rings. The fraction of sp³-hybridized carbons (Fsp3) is 0.312. The topological polar surface area (TPSA) is 38.8 Å². The monoisotopic (exact) mass is 341 g/mol. The molecule has 0 aliphatic heterocycles. The van der Waals surface area contributed by atoms with Gasteiger partial charge in [-0.1, -0.05) is 12.1 Å². The lowest BCUT2D eigenvalue weighted by Crippen LogP contribution is -2.30. The molecule has 0 fully saturated rings. The van der Waals surface area contributed by atoms with E-state index in [1.807, 2.05) is 24.4 Å². The highest BCUT2D eigenvalue weighted by Crippen LogP contribution is 2.33. The first kappa shape index (κ1) is 17.2. The average Bonchev–Trinajstić information content (AvgIpc) is 3.04. The lowest BCUT2D eigenvalue weighted by Gasteiger charge is -2.22. The number of amides is 1. The molecule has 0 N–H and O–H groups in total. The van der Waals surface area contributed by atoms with Gasteiger partial charge in [0, 0.05) is 11.4 Å². The van der Waals surface area contributed by atoms with E-state index in [1.165, 1.54) is 30.6 Å². The normalized spacial score (nSPS) is 10.7. The quantitative estimate of drug-likeness (QED) is 0.763. The standard InChI is InChI=1S/C16H17F2NO3S/c1-3-19(10-11-6-5-9-23-11)15(20)12-7-4-8-13(21-2)14(12)22-16(17)18/h4-9,16H,3,10H2,1-2H3. The number of hydrogen-bond donors (Lipinski definition) is 0. The number of carbonyl (C=O) groups is 1. The molecule has 7 heteroatoms. The summed E-state index contributed by atoms with van der Waals surface area (Å²) in [5, 5.41) is 1.92. The van der Waals surface area contributed by atoms with E-state index < -0.39 is 6.61 Å². The van der Waals surface area contributed by atoms with Crippen LogP contribution in [0.15, 0.2) is 35.7 Å². The van der Waals surface area contributed by atoms with Crippen molar-refractivity contribution in [2.24, 2.45) is 0 Å². The molecule has 0 radical (unpaired) electrons. The summed E-state index contributed by atoms with van der Waals surface area (Å²) in [6, 6.07) is 8.32. The Morgan fingerprint density at radius 1 is 1.30 bits per heavy atom. The highest BCUT2D eigenvalue weighted by molar-refractivity contribution is 7.09. The molecule has 1 amide bonds. The number of halogens is 2. The van der Waals surface area contributed by atoms with E-state index in [0.717, 1.165) is 4.88 Å². The molecule has 0 aliphatic carbocycles. The summed E-state index contributed by atoms with van der Waals surface area (Å²) >= 11 is 1.53. The summed E-state index contributed by atoms with van der Waals surface area (Å²) in [6.45, 7) is -0.343. The summed E-state index contributed by atoms with van der Waals surface area (Å²) in [5.41, 5.74) is 0.0584. The van der Waals surface area contributed by atoms with E-state index in [1.54, 1.807) is 11.0 Å². The SMILES string of the molecule is CCN(Cc1cccs1)C(=O)c1cccc(OC)c1OC(F)F. The highest BCUT2D eigenvalue weighted by Gasteiger charge is 2.24. The number of carbonyl (C=O) groups excluding carboxylic acids is 1. The van der Waals surface area contributed by atoms with Crippen LogP contribution in [-0.4, -0.2) is 31.1 Å². The van der Waals surface area contributed by atoms with E-state index in [4.69, 9.17) is 4.74 Å². The molecule has 1 aromatic heterocycles. The van der Waals surface area contributed by atoms with Gasteiger partial charge in [-0.25, -0.2) is 0 Å².